The summed E-state index contributed by atoms with van der Waals surface area (Å²) >= 11 is 0. The molecule has 6 nitrogen and oxygen atoms in total. The first-order chi connectivity index (χ1) is 7.79. The summed E-state index contributed by atoms with van der Waals surface area (Å²) < 4.78 is 5.11. The maximum atomic E-state index is 9.25. The molecular weight excluding hydrogens is 206 g/mol. The molecule has 0 amide bonds. The van der Waals surface area contributed by atoms with Crippen LogP contribution in [-0.4, -0.2) is 32.3 Å². The predicted molar refractivity (Wildman–Crippen MR) is 59.6 cm³/mol. The van der Waals surface area contributed by atoms with Gasteiger partial charge in [0.15, 0.2) is 0 Å². The average Bonchev–Trinajstić information content (AvgIpc) is 3.11. The van der Waals surface area contributed by atoms with E-state index in [2.05, 4.69) is 21.4 Å². The van der Waals surface area contributed by atoms with Crippen molar-refractivity contribution in [3.05, 3.63) is 10.4 Å². The molecule has 88 valence electrons. The minimum atomic E-state index is -0.550. The van der Waals surface area contributed by atoms with E-state index in [1.807, 2.05) is 0 Å². The van der Waals surface area contributed by atoms with E-state index >= 15 is 0 Å². The molecular formula is C10H17N5O. The summed E-state index contributed by atoms with van der Waals surface area (Å²) in [5.41, 5.74) is 7.57. The summed E-state index contributed by atoms with van der Waals surface area (Å²) in [5.74, 6) is 0.400. The van der Waals surface area contributed by atoms with Crippen LogP contribution >= 0.6 is 0 Å². The predicted octanol–water partition coefficient (Wildman–Crippen LogP) is 1.60. The SMILES string of the molecule is COCC(C#N)(NCCCN=[N+]=[N-])C1CC1. The van der Waals surface area contributed by atoms with E-state index in [9.17, 15) is 5.26 Å². The van der Waals surface area contributed by atoms with Gasteiger partial charge in [0.2, 0.25) is 0 Å². The van der Waals surface area contributed by atoms with Crippen LogP contribution in [0, 0.1) is 17.2 Å². The van der Waals surface area contributed by atoms with Crippen LogP contribution in [0.1, 0.15) is 19.3 Å². The third-order valence-corrected chi connectivity index (χ3v) is 2.78. The second-order valence-corrected chi connectivity index (χ2v) is 4.03. The highest BCUT2D eigenvalue weighted by Gasteiger charge is 2.45. The zero-order valence-electron chi connectivity index (χ0n) is 9.52. The third kappa shape index (κ3) is 3.38. The van der Waals surface area contributed by atoms with Crippen LogP contribution in [0.3, 0.4) is 0 Å². The molecule has 1 aliphatic rings. The summed E-state index contributed by atoms with van der Waals surface area (Å²) in [7, 11) is 1.61. The third-order valence-electron chi connectivity index (χ3n) is 2.78. The maximum Gasteiger partial charge on any atom is 0.133 e. The van der Waals surface area contributed by atoms with Crippen LogP contribution in [0.2, 0.25) is 0 Å². The van der Waals surface area contributed by atoms with E-state index in [4.69, 9.17) is 10.3 Å². The lowest BCUT2D eigenvalue weighted by Crippen LogP contribution is -2.50. The van der Waals surface area contributed by atoms with E-state index in [0.717, 1.165) is 19.3 Å². The van der Waals surface area contributed by atoms with Gasteiger partial charge in [0.05, 0.1) is 12.7 Å². The van der Waals surface area contributed by atoms with Gasteiger partial charge >= 0.3 is 0 Å². The number of rotatable bonds is 8. The molecule has 0 aromatic rings. The van der Waals surface area contributed by atoms with Crippen LogP contribution in [-0.2, 0) is 4.74 Å². The average molecular weight is 223 g/mol. The van der Waals surface area contributed by atoms with Gasteiger partial charge in [-0.2, -0.15) is 5.26 Å². The lowest BCUT2D eigenvalue weighted by atomic mass is 9.96. The van der Waals surface area contributed by atoms with E-state index in [0.29, 0.717) is 25.6 Å². The molecule has 0 heterocycles. The van der Waals surface area contributed by atoms with Crippen molar-refractivity contribution >= 4 is 0 Å². The Morgan fingerprint density at radius 3 is 2.94 bits per heavy atom. The fraction of sp³-hybridized carbons (Fsp3) is 0.900. The molecule has 6 heteroatoms. The van der Waals surface area contributed by atoms with Crippen LogP contribution in [0.25, 0.3) is 10.4 Å². The molecule has 0 aliphatic heterocycles. The molecule has 1 saturated carbocycles. The fourth-order valence-corrected chi connectivity index (χ4v) is 1.79. The van der Waals surface area contributed by atoms with Crippen molar-refractivity contribution in [3.63, 3.8) is 0 Å². The number of nitrogens with one attached hydrogen (secondary N) is 1. The molecule has 16 heavy (non-hydrogen) atoms. The second kappa shape index (κ2) is 6.33. The highest BCUT2D eigenvalue weighted by Crippen LogP contribution is 2.39. The number of azide groups is 1. The van der Waals surface area contributed by atoms with Crippen molar-refractivity contribution in [1.82, 2.24) is 5.32 Å². The summed E-state index contributed by atoms with van der Waals surface area (Å²) in [5, 5.41) is 15.9. The molecule has 1 aliphatic carbocycles. The summed E-state index contributed by atoms with van der Waals surface area (Å²) in [4.78, 5) is 2.68. The lowest BCUT2D eigenvalue weighted by Gasteiger charge is -2.27. The molecule has 1 fully saturated rings. The first-order valence-corrected chi connectivity index (χ1v) is 5.45. The standard InChI is InChI=1S/C10H17N5O/c1-16-8-10(7-11,9-3-4-9)13-5-2-6-14-15-12/h9,13H,2-6,8H2,1H3. The first kappa shape index (κ1) is 12.8. The minimum Gasteiger partial charge on any atom is -0.382 e. The Morgan fingerprint density at radius 1 is 1.69 bits per heavy atom. The highest BCUT2D eigenvalue weighted by molar-refractivity contribution is 5.15. The van der Waals surface area contributed by atoms with Crippen LogP contribution in [0.15, 0.2) is 5.11 Å². The van der Waals surface area contributed by atoms with Crippen molar-refractivity contribution in [2.24, 2.45) is 11.0 Å². The molecule has 0 saturated heterocycles. The van der Waals surface area contributed by atoms with Gasteiger partial charge in [-0.05, 0) is 37.3 Å². The van der Waals surface area contributed by atoms with Gasteiger partial charge in [-0.15, -0.1) is 0 Å². The number of nitrogens with zero attached hydrogens (tertiary/aromatic N) is 4. The zero-order chi connectivity index (χ0) is 11.9. The van der Waals surface area contributed by atoms with E-state index in [1.54, 1.807) is 7.11 Å². The molecule has 1 N–H and O–H groups in total. The summed E-state index contributed by atoms with van der Waals surface area (Å²) in [6, 6.07) is 2.33. The van der Waals surface area contributed by atoms with E-state index in [1.165, 1.54) is 0 Å². The Kier molecular flexibility index (Phi) is 5.06. The van der Waals surface area contributed by atoms with E-state index in [-0.39, 0.29) is 0 Å². The van der Waals surface area contributed by atoms with Gasteiger partial charge in [0.1, 0.15) is 5.54 Å². The van der Waals surface area contributed by atoms with Gasteiger partial charge < -0.3 is 4.74 Å². The Balaban J connectivity index is 2.38. The van der Waals surface area contributed by atoms with Crippen molar-refractivity contribution in [2.75, 3.05) is 26.8 Å². The smallest absolute Gasteiger partial charge is 0.133 e. The molecule has 0 aromatic carbocycles. The van der Waals surface area contributed by atoms with Gasteiger partial charge in [-0.3, -0.25) is 5.32 Å². The van der Waals surface area contributed by atoms with Crippen molar-refractivity contribution in [1.29, 1.82) is 5.26 Å². The number of methoxy groups -OCH3 is 1. The number of hydrogen-bond donors (Lipinski definition) is 1. The topological polar surface area (TPSA) is 93.8 Å². The van der Waals surface area contributed by atoms with Crippen molar-refractivity contribution < 1.29 is 4.74 Å². The fourth-order valence-electron chi connectivity index (χ4n) is 1.79. The van der Waals surface area contributed by atoms with Crippen LogP contribution in [0.4, 0.5) is 0 Å². The lowest BCUT2D eigenvalue weighted by molar-refractivity contribution is 0.126. The van der Waals surface area contributed by atoms with Gasteiger partial charge in [-0.25, -0.2) is 0 Å². The summed E-state index contributed by atoms with van der Waals surface area (Å²) in [6.07, 6.45) is 2.91. The van der Waals surface area contributed by atoms with Crippen molar-refractivity contribution in [2.45, 2.75) is 24.8 Å². The highest BCUT2D eigenvalue weighted by atomic mass is 16.5. The van der Waals surface area contributed by atoms with Crippen molar-refractivity contribution in [3.8, 4) is 6.07 Å². The molecule has 0 spiro atoms. The Morgan fingerprint density at radius 2 is 2.44 bits per heavy atom. The number of nitriles is 1. The molecule has 1 atom stereocenters. The quantitative estimate of drug-likeness (QED) is 0.293. The van der Waals surface area contributed by atoms with Gasteiger partial charge in [0, 0.05) is 18.6 Å². The van der Waals surface area contributed by atoms with Crippen LogP contribution in [0.5, 0.6) is 0 Å². The second-order valence-electron chi connectivity index (χ2n) is 4.03. The first-order valence-electron chi connectivity index (χ1n) is 5.45. The molecule has 0 bridgehead atoms. The van der Waals surface area contributed by atoms with Gasteiger partial charge in [-0.1, -0.05) is 5.11 Å². The number of hydrogen-bond acceptors (Lipinski definition) is 4. The zero-order valence-corrected chi connectivity index (χ0v) is 9.52. The Hall–Kier alpha value is -1.28. The molecule has 0 aromatic heterocycles. The molecule has 1 rings (SSSR count). The Labute approximate surface area is 95.2 Å². The maximum absolute atomic E-state index is 9.25. The number of ether oxygens (including phenoxy) is 1. The van der Waals surface area contributed by atoms with Crippen LogP contribution < -0.4 is 5.32 Å². The molecule has 0 radical (unpaired) electrons. The molecule has 1 unspecified atom stereocenters. The monoisotopic (exact) mass is 223 g/mol. The van der Waals surface area contributed by atoms with Gasteiger partial charge in [0.25, 0.3) is 0 Å². The summed E-state index contributed by atoms with van der Waals surface area (Å²) in [6.45, 7) is 1.55. The normalized spacial score (nSPS) is 18.2. The largest absolute Gasteiger partial charge is 0.382 e. The van der Waals surface area contributed by atoms with E-state index < -0.39 is 5.54 Å². The minimum absolute atomic E-state index is 0.400. The Bertz CT molecular complexity index is 303.